The van der Waals surface area contributed by atoms with Crippen LogP contribution in [-0.4, -0.2) is 59.0 Å². The first-order chi connectivity index (χ1) is 9.98. The van der Waals surface area contributed by atoms with Crippen LogP contribution in [0.3, 0.4) is 0 Å². The first-order valence-electron chi connectivity index (χ1n) is 6.93. The second-order valence-corrected chi connectivity index (χ2v) is 5.41. The summed E-state index contributed by atoms with van der Waals surface area (Å²) in [5.41, 5.74) is -1.11. The molecule has 8 heteroatoms. The van der Waals surface area contributed by atoms with Crippen molar-refractivity contribution in [3.63, 3.8) is 0 Å². The van der Waals surface area contributed by atoms with Crippen molar-refractivity contribution in [3.05, 3.63) is 0 Å². The Morgan fingerprint density at radius 1 is 1.33 bits per heavy atom. The van der Waals surface area contributed by atoms with Gasteiger partial charge in [-0.25, -0.2) is 4.79 Å². The van der Waals surface area contributed by atoms with Gasteiger partial charge >= 0.3 is 5.97 Å². The summed E-state index contributed by atoms with van der Waals surface area (Å²) in [4.78, 5) is 35.9. The molecule has 114 valence electrons. The SMILES string of the molecule is N#CC1CCCN1C(=O)CNCC(=O)NC1(C(=O)O)CC1. The molecule has 0 aromatic carbocycles. The van der Waals surface area contributed by atoms with Gasteiger partial charge in [0.1, 0.15) is 11.6 Å². The number of carboxylic acids is 1. The molecule has 1 heterocycles. The molecule has 8 nitrogen and oxygen atoms in total. The normalized spacial score (nSPS) is 22.4. The van der Waals surface area contributed by atoms with E-state index in [2.05, 4.69) is 16.7 Å². The predicted octanol–water partition coefficient (Wildman–Crippen LogP) is -1.18. The third-order valence-electron chi connectivity index (χ3n) is 3.82. The van der Waals surface area contributed by atoms with E-state index in [1.807, 2.05) is 0 Å². The van der Waals surface area contributed by atoms with Crippen molar-refractivity contribution in [2.24, 2.45) is 0 Å². The highest BCUT2D eigenvalue weighted by molar-refractivity contribution is 5.90. The highest BCUT2D eigenvalue weighted by Gasteiger charge is 2.51. The standard InChI is InChI=1S/C13H18N4O4/c14-6-9-2-1-5-17(9)11(19)8-15-7-10(18)16-13(3-4-13)12(20)21/h9,15H,1-5,7-8H2,(H,16,18)(H,20,21). The lowest BCUT2D eigenvalue weighted by Gasteiger charge is -2.19. The molecule has 0 radical (unpaired) electrons. The molecule has 2 rings (SSSR count). The van der Waals surface area contributed by atoms with Crippen LogP contribution in [-0.2, 0) is 14.4 Å². The molecular formula is C13H18N4O4. The van der Waals surface area contributed by atoms with Crippen molar-refractivity contribution >= 4 is 17.8 Å². The van der Waals surface area contributed by atoms with E-state index >= 15 is 0 Å². The number of rotatable bonds is 6. The van der Waals surface area contributed by atoms with Crippen molar-refractivity contribution in [1.82, 2.24) is 15.5 Å². The topological polar surface area (TPSA) is 123 Å². The summed E-state index contributed by atoms with van der Waals surface area (Å²) < 4.78 is 0. The fourth-order valence-corrected chi connectivity index (χ4v) is 2.41. The van der Waals surface area contributed by atoms with E-state index in [9.17, 15) is 14.4 Å². The van der Waals surface area contributed by atoms with Gasteiger partial charge in [-0.3, -0.25) is 14.9 Å². The lowest BCUT2D eigenvalue weighted by Crippen LogP contribution is -2.48. The zero-order valence-corrected chi connectivity index (χ0v) is 11.6. The fourth-order valence-electron chi connectivity index (χ4n) is 2.41. The van der Waals surface area contributed by atoms with Crippen LogP contribution in [0.5, 0.6) is 0 Å². The van der Waals surface area contributed by atoms with E-state index in [-0.39, 0.29) is 25.0 Å². The number of nitrogens with zero attached hydrogens (tertiary/aromatic N) is 2. The van der Waals surface area contributed by atoms with Gasteiger partial charge in [0.25, 0.3) is 0 Å². The Labute approximate surface area is 122 Å². The molecule has 0 aromatic heterocycles. The van der Waals surface area contributed by atoms with Crippen LogP contribution in [0.1, 0.15) is 25.7 Å². The van der Waals surface area contributed by atoms with Gasteiger partial charge in [0.15, 0.2) is 0 Å². The fraction of sp³-hybridized carbons (Fsp3) is 0.692. The minimum Gasteiger partial charge on any atom is -0.480 e. The number of carbonyl (C=O) groups is 3. The first kappa shape index (κ1) is 15.3. The molecule has 2 fully saturated rings. The number of nitriles is 1. The molecule has 1 saturated heterocycles. The van der Waals surface area contributed by atoms with Crippen molar-refractivity contribution in [2.75, 3.05) is 19.6 Å². The third kappa shape index (κ3) is 3.49. The predicted molar refractivity (Wildman–Crippen MR) is 71.0 cm³/mol. The van der Waals surface area contributed by atoms with Crippen LogP contribution in [0.4, 0.5) is 0 Å². The third-order valence-corrected chi connectivity index (χ3v) is 3.82. The van der Waals surface area contributed by atoms with Crippen LogP contribution < -0.4 is 10.6 Å². The van der Waals surface area contributed by atoms with E-state index < -0.39 is 17.4 Å². The van der Waals surface area contributed by atoms with E-state index in [1.54, 1.807) is 0 Å². The Balaban J connectivity index is 1.70. The van der Waals surface area contributed by atoms with Gasteiger partial charge in [0.2, 0.25) is 11.8 Å². The van der Waals surface area contributed by atoms with Gasteiger partial charge in [-0.2, -0.15) is 5.26 Å². The van der Waals surface area contributed by atoms with Gasteiger partial charge < -0.3 is 15.3 Å². The smallest absolute Gasteiger partial charge is 0.329 e. The van der Waals surface area contributed by atoms with Crippen LogP contribution in [0.2, 0.25) is 0 Å². The molecule has 0 bridgehead atoms. The maximum atomic E-state index is 11.9. The number of carbonyl (C=O) groups excluding carboxylic acids is 2. The quantitative estimate of drug-likeness (QED) is 0.567. The molecule has 1 saturated carbocycles. The number of aliphatic carboxylic acids is 1. The summed E-state index contributed by atoms with van der Waals surface area (Å²) in [5, 5.41) is 23.0. The molecule has 1 atom stereocenters. The first-order valence-corrected chi connectivity index (χ1v) is 6.93. The van der Waals surface area contributed by atoms with E-state index in [0.717, 1.165) is 6.42 Å². The largest absolute Gasteiger partial charge is 0.480 e. The average Bonchev–Trinajstić information content (AvgIpc) is 3.06. The minimum absolute atomic E-state index is 0.0360. The second-order valence-electron chi connectivity index (χ2n) is 5.41. The lowest BCUT2D eigenvalue weighted by atomic mass is 10.2. The summed E-state index contributed by atoms with van der Waals surface area (Å²) in [7, 11) is 0. The summed E-state index contributed by atoms with van der Waals surface area (Å²) in [6.45, 7) is 0.407. The van der Waals surface area contributed by atoms with Gasteiger partial charge in [0, 0.05) is 6.54 Å². The van der Waals surface area contributed by atoms with Crippen LogP contribution in [0.15, 0.2) is 0 Å². The maximum Gasteiger partial charge on any atom is 0.329 e. The summed E-state index contributed by atoms with van der Waals surface area (Å²) in [5.74, 6) is -1.69. The molecule has 2 amide bonds. The molecule has 1 aliphatic heterocycles. The molecule has 3 N–H and O–H groups in total. The van der Waals surface area contributed by atoms with E-state index in [0.29, 0.717) is 25.8 Å². The van der Waals surface area contributed by atoms with Crippen LogP contribution >= 0.6 is 0 Å². The van der Waals surface area contributed by atoms with Crippen molar-refractivity contribution in [3.8, 4) is 6.07 Å². The van der Waals surface area contributed by atoms with Crippen molar-refractivity contribution in [2.45, 2.75) is 37.3 Å². The van der Waals surface area contributed by atoms with Gasteiger partial charge in [0.05, 0.1) is 19.2 Å². The number of nitrogens with one attached hydrogen (secondary N) is 2. The Hall–Kier alpha value is -2.14. The number of amides is 2. The zero-order chi connectivity index (χ0) is 15.5. The summed E-state index contributed by atoms with van der Waals surface area (Å²) in [6.07, 6.45) is 2.37. The monoisotopic (exact) mass is 294 g/mol. The average molecular weight is 294 g/mol. The molecule has 2 aliphatic rings. The van der Waals surface area contributed by atoms with Crippen LogP contribution in [0.25, 0.3) is 0 Å². The van der Waals surface area contributed by atoms with E-state index in [1.165, 1.54) is 4.90 Å². The number of likely N-dealkylation sites (tertiary alicyclic amines) is 1. The Bertz CT molecular complexity index is 495. The van der Waals surface area contributed by atoms with E-state index in [4.69, 9.17) is 10.4 Å². The molecule has 0 spiro atoms. The highest BCUT2D eigenvalue weighted by atomic mass is 16.4. The highest BCUT2D eigenvalue weighted by Crippen LogP contribution is 2.35. The number of carboxylic acid groups (broad SMARTS) is 1. The summed E-state index contributed by atoms with van der Waals surface area (Å²) >= 11 is 0. The van der Waals surface area contributed by atoms with Crippen molar-refractivity contribution in [1.29, 1.82) is 5.26 Å². The second kappa shape index (κ2) is 6.10. The van der Waals surface area contributed by atoms with Gasteiger partial charge in [-0.1, -0.05) is 0 Å². The zero-order valence-electron chi connectivity index (χ0n) is 11.6. The molecular weight excluding hydrogens is 276 g/mol. The number of hydrogen-bond donors (Lipinski definition) is 3. The molecule has 21 heavy (non-hydrogen) atoms. The Kier molecular flexibility index (Phi) is 4.43. The lowest BCUT2D eigenvalue weighted by molar-refractivity contribution is -0.143. The van der Waals surface area contributed by atoms with Crippen molar-refractivity contribution < 1.29 is 19.5 Å². The van der Waals surface area contributed by atoms with Crippen LogP contribution in [0, 0.1) is 11.3 Å². The van der Waals surface area contributed by atoms with Gasteiger partial charge in [-0.15, -0.1) is 0 Å². The Morgan fingerprint density at radius 2 is 2.05 bits per heavy atom. The minimum atomic E-state index is -1.11. The van der Waals surface area contributed by atoms with Gasteiger partial charge in [-0.05, 0) is 25.7 Å². The molecule has 0 aromatic rings. The number of hydrogen-bond acceptors (Lipinski definition) is 5. The maximum absolute atomic E-state index is 11.9. The molecule has 1 aliphatic carbocycles. The molecule has 1 unspecified atom stereocenters. The summed E-state index contributed by atoms with van der Waals surface area (Å²) in [6, 6.07) is 1.70. The Morgan fingerprint density at radius 3 is 2.62 bits per heavy atom.